The summed E-state index contributed by atoms with van der Waals surface area (Å²) in [5, 5.41) is 3.00. The summed E-state index contributed by atoms with van der Waals surface area (Å²) >= 11 is 0. The summed E-state index contributed by atoms with van der Waals surface area (Å²) in [6, 6.07) is 19.0. The Morgan fingerprint density at radius 2 is 1.67 bits per heavy atom. The van der Waals surface area contributed by atoms with E-state index >= 15 is 0 Å². The number of rotatable bonds is 8. The van der Waals surface area contributed by atoms with Crippen molar-refractivity contribution in [1.29, 1.82) is 0 Å². The van der Waals surface area contributed by atoms with Crippen LogP contribution in [0, 0.1) is 11.6 Å². The van der Waals surface area contributed by atoms with Gasteiger partial charge in [0.1, 0.15) is 23.0 Å². The minimum absolute atomic E-state index is 0.00772. The zero-order valence-corrected chi connectivity index (χ0v) is 28.4. The molecule has 6 aromatic rings. The maximum atomic E-state index is 14.5. The van der Waals surface area contributed by atoms with Crippen LogP contribution in [0.3, 0.4) is 0 Å². The zero-order valence-electron chi connectivity index (χ0n) is 28.4. The van der Waals surface area contributed by atoms with Gasteiger partial charge in [0.05, 0.1) is 30.5 Å². The number of nitrogens with one attached hydrogen (secondary N) is 1. The second-order valence-corrected chi connectivity index (χ2v) is 13.5. The normalized spacial score (nSPS) is 18.2. The highest BCUT2D eigenvalue weighted by Crippen LogP contribution is 2.29. The summed E-state index contributed by atoms with van der Waals surface area (Å²) in [5.74, 6) is -1.50. The number of pyridine rings is 2. The van der Waals surface area contributed by atoms with Crippen molar-refractivity contribution in [1.82, 2.24) is 33.7 Å². The number of carbonyl (C=O) groups is 1. The lowest BCUT2D eigenvalue weighted by atomic mass is 9.90. The van der Waals surface area contributed by atoms with E-state index < -0.39 is 28.9 Å². The maximum Gasteiger partial charge on any atom is 0.337 e. The third-order valence-electron chi connectivity index (χ3n) is 10.1. The van der Waals surface area contributed by atoms with Gasteiger partial charge >= 0.3 is 5.69 Å². The highest BCUT2D eigenvalue weighted by atomic mass is 19.1. The smallest absolute Gasteiger partial charge is 0.337 e. The molecule has 0 bridgehead atoms. The van der Waals surface area contributed by atoms with Crippen LogP contribution in [0.1, 0.15) is 47.8 Å². The molecule has 1 aliphatic heterocycles. The van der Waals surface area contributed by atoms with Gasteiger partial charge in [-0.3, -0.25) is 19.1 Å². The molecule has 0 radical (unpaired) electrons. The third kappa shape index (κ3) is 6.76. The van der Waals surface area contributed by atoms with Gasteiger partial charge in [0.25, 0.3) is 11.5 Å². The van der Waals surface area contributed by atoms with E-state index in [0.29, 0.717) is 37.0 Å². The number of imidazole rings is 1. The topological polar surface area (TPSA) is 116 Å². The lowest BCUT2D eigenvalue weighted by Gasteiger charge is -2.30. The van der Waals surface area contributed by atoms with Gasteiger partial charge in [0.15, 0.2) is 5.65 Å². The molecule has 5 heterocycles. The molecule has 0 unspecified atom stereocenters. The third-order valence-corrected chi connectivity index (χ3v) is 10.1. The van der Waals surface area contributed by atoms with Crippen LogP contribution in [-0.4, -0.2) is 73.2 Å². The number of aromatic nitrogens is 5. The Labute approximate surface area is 297 Å². The summed E-state index contributed by atoms with van der Waals surface area (Å²) in [6.07, 6.45) is 6.54. The summed E-state index contributed by atoms with van der Waals surface area (Å²) in [7, 11) is 0. The molecule has 2 aromatic carbocycles. The minimum Gasteiger partial charge on any atom is -0.379 e. The standard InChI is InChI=1S/C39H37F2N7O4/c40-28-8-13-35-44-34(24-46(35)23-28)37(49)43-30-9-11-31(12-10-30)48-38(50)33-21-29(41)22-42-36(33)47(39(48)51)32-3-1-2-27(20-32)26-6-4-25(5-7-26)14-15-45-16-18-52-19-17-45/h1-8,13,20-24,30-31H,9-12,14-19H2,(H,43,49)/t30-,31+. The molecule has 52 heavy (non-hydrogen) atoms. The first-order valence-corrected chi connectivity index (χ1v) is 17.6. The van der Waals surface area contributed by atoms with E-state index in [1.807, 2.05) is 18.2 Å². The number of hydrogen-bond donors (Lipinski definition) is 1. The fourth-order valence-electron chi connectivity index (χ4n) is 7.35. The number of fused-ring (bicyclic) bond motifs is 2. The molecule has 2 aliphatic rings. The number of halogens is 2. The lowest BCUT2D eigenvalue weighted by molar-refractivity contribution is 0.0384. The van der Waals surface area contributed by atoms with Crippen molar-refractivity contribution < 1.29 is 18.3 Å². The van der Waals surface area contributed by atoms with Gasteiger partial charge in [-0.05, 0) is 79.1 Å². The Hall–Kier alpha value is -5.53. The van der Waals surface area contributed by atoms with Crippen LogP contribution in [0.4, 0.5) is 8.78 Å². The Balaban J connectivity index is 1.04. The van der Waals surface area contributed by atoms with Crippen LogP contribution in [0.15, 0.2) is 94.9 Å². The number of nitrogens with zero attached hydrogens (tertiary/aromatic N) is 6. The molecule has 13 heteroatoms. The molecule has 8 rings (SSSR count). The average Bonchev–Trinajstić information content (AvgIpc) is 3.59. The van der Waals surface area contributed by atoms with Gasteiger partial charge in [-0.15, -0.1) is 0 Å². The van der Waals surface area contributed by atoms with Crippen molar-refractivity contribution in [2.75, 3.05) is 32.8 Å². The molecule has 1 N–H and O–H groups in total. The van der Waals surface area contributed by atoms with Gasteiger partial charge in [-0.25, -0.2) is 28.1 Å². The molecular weight excluding hydrogens is 668 g/mol. The fraction of sp³-hybridized carbons (Fsp3) is 0.308. The molecule has 266 valence electrons. The van der Waals surface area contributed by atoms with E-state index in [4.69, 9.17) is 4.74 Å². The van der Waals surface area contributed by atoms with Crippen molar-refractivity contribution in [3.05, 3.63) is 129 Å². The van der Waals surface area contributed by atoms with Crippen molar-refractivity contribution in [2.24, 2.45) is 0 Å². The summed E-state index contributed by atoms with van der Waals surface area (Å²) in [4.78, 5) is 52.1. The first kappa shape index (κ1) is 33.6. The molecule has 0 atom stereocenters. The fourth-order valence-corrected chi connectivity index (χ4v) is 7.35. The van der Waals surface area contributed by atoms with Crippen molar-refractivity contribution >= 4 is 22.6 Å². The van der Waals surface area contributed by atoms with Crippen molar-refractivity contribution in [3.63, 3.8) is 0 Å². The summed E-state index contributed by atoms with van der Waals surface area (Å²) in [5.41, 5.74) is 3.12. The highest BCUT2D eigenvalue weighted by Gasteiger charge is 2.29. The molecular formula is C39H37F2N7O4. The SMILES string of the molecule is O=C(N[C@H]1CC[C@@H](n2c(=O)c3cc(F)cnc3n(-c3cccc(-c4ccc(CCN5CCOCC5)cc4)c3)c2=O)CC1)c1cn2cc(F)ccc2n1. The van der Waals surface area contributed by atoms with Gasteiger partial charge < -0.3 is 14.5 Å². The van der Waals surface area contributed by atoms with E-state index in [-0.39, 0.29) is 28.7 Å². The quantitative estimate of drug-likeness (QED) is 0.239. The number of hydrogen-bond acceptors (Lipinski definition) is 7. The number of benzene rings is 2. The summed E-state index contributed by atoms with van der Waals surface area (Å²) in [6.45, 7) is 4.41. The van der Waals surface area contributed by atoms with E-state index in [9.17, 15) is 23.2 Å². The molecule has 11 nitrogen and oxygen atoms in total. The largest absolute Gasteiger partial charge is 0.379 e. The maximum absolute atomic E-state index is 14.5. The van der Waals surface area contributed by atoms with Crippen molar-refractivity contribution in [2.45, 2.75) is 44.2 Å². The van der Waals surface area contributed by atoms with Gasteiger partial charge in [0.2, 0.25) is 0 Å². The monoisotopic (exact) mass is 705 g/mol. The summed E-state index contributed by atoms with van der Waals surface area (Å²) < 4.78 is 37.7. The van der Waals surface area contributed by atoms with Crippen LogP contribution in [0.2, 0.25) is 0 Å². The molecule has 0 spiro atoms. The molecule has 1 aliphatic carbocycles. The number of ether oxygens (including phenoxy) is 1. The van der Waals surface area contributed by atoms with Crippen LogP contribution < -0.4 is 16.6 Å². The van der Waals surface area contributed by atoms with Crippen LogP contribution in [0.25, 0.3) is 33.5 Å². The molecule has 4 aromatic heterocycles. The predicted octanol–water partition coefficient (Wildman–Crippen LogP) is 4.93. The Kier molecular flexibility index (Phi) is 9.20. The molecule has 1 saturated heterocycles. The van der Waals surface area contributed by atoms with E-state index in [0.717, 1.165) is 62.7 Å². The molecule has 2 fully saturated rings. The Morgan fingerprint density at radius 3 is 2.46 bits per heavy atom. The number of amides is 1. The van der Waals surface area contributed by atoms with Gasteiger partial charge in [-0.1, -0.05) is 36.4 Å². The first-order valence-electron chi connectivity index (χ1n) is 17.6. The number of carbonyl (C=O) groups excluding carboxylic acids is 1. The Morgan fingerprint density at radius 1 is 0.885 bits per heavy atom. The van der Waals surface area contributed by atoms with E-state index in [2.05, 4.69) is 44.5 Å². The highest BCUT2D eigenvalue weighted by molar-refractivity contribution is 5.93. The van der Waals surface area contributed by atoms with Crippen molar-refractivity contribution in [3.8, 4) is 16.8 Å². The molecule has 1 saturated carbocycles. The first-order chi connectivity index (χ1) is 25.3. The zero-order chi connectivity index (χ0) is 35.8. The van der Waals surface area contributed by atoms with Crippen LogP contribution >= 0.6 is 0 Å². The lowest BCUT2D eigenvalue weighted by Crippen LogP contribution is -2.45. The second kappa shape index (κ2) is 14.2. The Bertz CT molecular complexity index is 2390. The predicted molar refractivity (Wildman–Crippen MR) is 192 cm³/mol. The molecule has 1 amide bonds. The van der Waals surface area contributed by atoms with E-state index in [1.54, 1.807) is 6.07 Å². The average molecular weight is 706 g/mol. The van der Waals surface area contributed by atoms with Crippen LogP contribution in [-0.2, 0) is 11.2 Å². The minimum atomic E-state index is -0.676. The number of morpholine rings is 1. The van der Waals surface area contributed by atoms with Gasteiger partial charge in [-0.2, -0.15) is 0 Å². The second-order valence-electron chi connectivity index (χ2n) is 13.5. The van der Waals surface area contributed by atoms with Crippen LogP contribution in [0.5, 0.6) is 0 Å². The van der Waals surface area contributed by atoms with Gasteiger partial charge in [0, 0.05) is 44.1 Å². The van der Waals surface area contributed by atoms with E-state index in [1.165, 1.54) is 43.6 Å².